The number of methoxy groups -OCH3 is 1. The van der Waals surface area contributed by atoms with Gasteiger partial charge < -0.3 is 14.7 Å². The zero-order valence-electron chi connectivity index (χ0n) is 14.8. The van der Waals surface area contributed by atoms with Gasteiger partial charge in [-0.1, -0.05) is 0 Å². The van der Waals surface area contributed by atoms with E-state index in [1.807, 2.05) is 27.7 Å². The summed E-state index contributed by atoms with van der Waals surface area (Å²) < 4.78 is 10.3. The Morgan fingerprint density at radius 1 is 1.00 bits per heavy atom. The molecule has 0 saturated carbocycles. The Labute approximate surface area is 142 Å². The summed E-state index contributed by atoms with van der Waals surface area (Å²) in [6.45, 7) is 7.67. The third-order valence-corrected chi connectivity index (χ3v) is 4.42. The number of benzene rings is 1. The molecular formula is C18H25NO5. The lowest BCUT2D eigenvalue weighted by Crippen LogP contribution is -2.60. The number of rotatable bonds is 3. The molecule has 24 heavy (non-hydrogen) atoms. The van der Waals surface area contributed by atoms with Crippen molar-refractivity contribution in [1.29, 1.82) is 0 Å². The van der Waals surface area contributed by atoms with E-state index in [9.17, 15) is 14.8 Å². The van der Waals surface area contributed by atoms with Crippen LogP contribution in [-0.2, 0) is 9.47 Å². The van der Waals surface area contributed by atoms with Crippen LogP contribution in [0.2, 0.25) is 0 Å². The molecule has 0 aromatic heterocycles. The second-order valence-electron chi connectivity index (χ2n) is 7.44. The van der Waals surface area contributed by atoms with Gasteiger partial charge in [0.1, 0.15) is 6.10 Å². The zero-order valence-corrected chi connectivity index (χ0v) is 14.8. The lowest BCUT2D eigenvalue weighted by Gasteiger charge is -2.50. The number of hydrogen-bond donors (Lipinski definition) is 1. The fourth-order valence-electron chi connectivity index (χ4n) is 3.34. The SMILES string of the molecule is COC(=O)c1ccc(C(=O)OC2CC(C)(C)N(O)C(C)(C)C2)cc1. The van der Waals surface area contributed by atoms with Crippen LogP contribution in [0.4, 0.5) is 0 Å². The van der Waals surface area contributed by atoms with E-state index in [-0.39, 0.29) is 6.10 Å². The average Bonchev–Trinajstić information content (AvgIpc) is 2.51. The maximum atomic E-state index is 12.4. The number of hydrogen-bond acceptors (Lipinski definition) is 6. The predicted octanol–water partition coefficient (Wildman–Crippen LogP) is 3.04. The first-order valence-electron chi connectivity index (χ1n) is 7.95. The van der Waals surface area contributed by atoms with Crippen molar-refractivity contribution in [3.05, 3.63) is 35.4 Å². The summed E-state index contributed by atoms with van der Waals surface area (Å²) >= 11 is 0. The van der Waals surface area contributed by atoms with Gasteiger partial charge in [-0.15, -0.1) is 0 Å². The van der Waals surface area contributed by atoms with Crippen LogP contribution in [0.3, 0.4) is 0 Å². The Bertz CT molecular complexity index is 603. The Morgan fingerprint density at radius 3 is 1.83 bits per heavy atom. The predicted molar refractivity (Wildman–Crippen MR) is 88.0 cm³/mol. The molecule has 1 N–H and O–H groups in total. The summed E-state index contributed by atoms with van der Waals surface area (Å²) in [5, 5.41) is 11.6. The van der Waals surface area contributed by atoms with Crippen LogP contribution in [-0.4, -0.2) is 46.5 Å². The number of piperidine rings is 1. The number of ether oxygens (including phenoxy) is 2. The van der Waals surface area contributed by atoms with E-state index >= 15 is 0 Å². The number of hydroxylamine groups is 2. The van der Waals surface area contributed by atoms with Gasteiger partial charge >= 0.3 is 11.9 Å². The van der Waals surface area contributed by atoms with Crippen molar-refractivity contribution in [1.82, 2.24) is 5.06 Å². The molecule has 1 aromatic rings. The molecule has 6 nitrogen and oxygen atoms in total. The van der Waals surface area contributed by atoms with Gasteiger partial charge in [-0.05, 0) is 52.0 Å². The Hall–Kier alpha value is -1.92. The second-order valence-corrected chi connectivity index (χ2v) is 7.44. The van der Waals surface area contributed by atoms with Crippen molar-refractivity contribution >= 4 is 11.9 Å². The summed E-state index contributed by atoms with van der Waals surface area (Å²) in [4.78, 5) is 23.8. The first kappa shape index (κ1) is 18.4. The average molecular weight is 335 g/mol. The summed E-state index contributed by atoms with van der Waals surface area (Å²) in [6.07, 6.45) is 0.795. The van der Waals surface area contributed by atoms with E-state index in [2.05, 4.69) is 4.74 Å². The third-order valence-electron chi connectivity index (χ3n) is 4.42. The molecule has 6 heteroatoms. The third kappa shape index (κ3) is 3.76. The van der Waals surface area contributed by atoms with E-state index in [4.69, 9.17) is 4.74 Å². The van der Waals surface area contributed by atoms with E-state index in [1.54, 1.807) is 12.1 Å². The van der Waals surface area contributed by atoms with Crippen molar-refractivity contribution in [3.63, 3.8) is 0 Å². The van der Waals surface area contributed by atoms with Gasteiger partial charge in [-0.3, -0.25) is 0 Å². The highest BCUT2D eigenvalue weighted by atomic mass is 16.5. The number of carbonyl (C=O) groups excluding carboxylic acids is 2. The Balaban J connectivity index is 2.08. The minimum Gasteiger partial charge on any atom is -0.465 e. The zero-order chi connectivity index (χ0) is 18.1. The minimum atomic E-state index is -0.485. The number of nitrogens with zero attached hydrogens (tertiary/aromatic N) is 1. The van der Waals surface area contributed by atoms with Crippen LogP contribution in [0.25, 0.3) is 0 Å². The van der Waals surface area contributed by atoms with Crippen LogP contribution in [0.5, 0.6) is 0 Å². The van der Waals surface area contributed by atoms with Crippen molar-refractivity contribution in [2.24, 2.45) is 0 Å². The molecule has 132 valence electrons. The van der Waals surface area contributed by atoms with Crippen molar-refractivity contribution < 1.29 is 24.3 Å². The molecule has 0 bridgehead atoms. The monoisotopic (exact) mass is 335 g/mol. The first-order valence-corrected chi connectivity index (χ1v) is 7.95. The molecule has 1 heterocycles. The highest BCUT2D eigenvalue weighted by Crippen LogP contribution is 2.38. The van der Waals surface area contributed by atoms with Gasteiger partial charge in [0, 0.05) is 23.9 Å². The Kier molecular flexibility index (Phi) is 5.01. The molecule has 1 aromatic carbocycles. The smallest absolute Gasteiger partial charge is 0.338 e. The molecule has 2 rings (SSSR count). The molecule has 0 amide bonds. The van der Waals surface area contributed by atoms with Gasteiger partial charge in [-0.25, -0.2) is 9.59 Å². The Morgan fingerprint density at radius 2 is 1.42 bits per heavy atom. The minimum absolute atomic E-state index is 0.286. The topological polar surface area (TPSA) is 76.1 Å². The molecule has 0 unspecified atom stereocenters. The molecule has 1 saturated heterocycles. The fourth-order valence-corrected chi connectivity index (χ4v) is 3.34. The number of carbonyl (C=O) groups is 2. The maximum absolute atomic E-state index is 12.4. The molecule has 0 spiro atoms. The number of esters is 2. The van der Waals surface area contributed by atoms with Crippen LogP contribution < -0.4 is 0 Å². The summed E-state index contributed by atoms with van der Waals surface area (Å²) in [7, 11) is 1.31. The summed E-state index contributed by atoms with van der Waals surface area (Å²) in [5.74, 6) is -0.886. The molecule has 1 aliphatic heterocycles. The normalized spacial score (nSPS) is 20.4. The first-order chi connectivity index (χ1) is 11.1. The van der Waals surface area contributed by atoms with E-state index in [0.717, 1.165) is 0 Å². The van der Waals surface area contributed by atoms with Crippen molar-refractivity contribution in [2.75, 3.05) is 7.11 Å². The van der Waals surface area contributed by atoms with Gasteiger partial charge in [0.05, 0.1) is 18.2 Å². The van der Waals surface area contributed by atoms with Crippen molar-refractivity contribution in [3.8, 4) is 0 Å². The van der Waals surface area contributed by atoms with Gasteiger partial charge in [-0.2, -0.15) is 5.06 Å². The summed E-state index contributed by atoms with van der Waals surface area (Å²) in [5.41, 5.74) is -0.210. The summed E-state index contributed by atoms with van der Waals surface area (Å²) in [6, 6.07) is 6.16. The lowest BCUT2D eigenvalue weighted by atomic mass is 9.80. The molecular weight excluding hydrogens is 310 g/mol. The van der Waals surface area contributed by atoms with Gasteiger partial charge in [0.2, 0.25) is 0 Å². The van der Waals surface area contributed by atoms with Crippen molar-refractivity contribution in [2.45, 2.75) is 57.7 Å². The van der Waals surface area contributed by atoms with Crippen LogP contribution in [0, 0.1) is 0 Å². The van der Waals surface area contributed by atoms with Crippen LogP contribution >= 0.6 is 0 Å². The van der Waals surface area contributed by atoms with Crippen LogP contribution in [0.1, 0.15) is 61.3 Å². The van der Waals surface area contributed by atoms with E-state index in [1.165, 1.54) is 24.3 Å². The van der Waals surface area contributed by atoms with E-state index < -0.39 is 23.0 Å². The largest absolute Gasteiger partial charge is 0.465 e. The van der Waals surface area contributed by atoms with Crippen LogP contribution in [0.15, 0.2) is 24.3 Å². The second kappa shape index (κ2) is 6.53. The molecule has 0 atom stereocenters. The highest BCUT2D eigenvalue weighted by Gasteiger charge is 2.46. The molecule has 0 radical (unpaired) electrons. The maximum Gasteiger partial charge on any atom is 0.338 e. The molecule has 1 fully saturated rings. The van der Waals surface area contributed by atoms with Gasteiger partial charge in [0.25, 0.3) is 0 Å². The fraction of sp³-hybridized carbons (Fsp3) is 0.556. The molecule has 0 aliphatic carbocycles. The molecule has 1 aliphatic rings. The lowest BCUT2D eigenvalue weighted by molar-refractivity contribution is -0.256. The standard InChI is InChI=1S/C18H25NO5/c1-17(2)10-14(11-18(3,4)19(17)22)24-16(21)13-8-6-12(7-9-13)15(20)23-5/h6-9,14,22H,10-11H2,1-5H3. The van der Waals surface area contributed by atoms with Gasteiger partial charge in [0.15, 0.2) is 0 Å². The quantitative estimate of drug-likeness (QED) is 0.856. The van der Waals surface area contributed by atoms with E-state index in [0.29, 0.717) is 24.0 Å². The highest BCUT2D eigenvalue weighted by molar-refractivity contribution is 5.93.